The van der Waals surface area contributed by atoms with Crippen molar-refractivity contribution in [2.75, 3.05) is 0 Å². The van der Waals surface area contributed by atoms with E-state index in [0.717, 1.165) is 4.78 Å². The Kier molecular flexibility index (Phi) is 8.45. The fraction of sp³-hybridized carbons (Fsp3) is 0.647. The van der Waals surface area contributed by atoms with Gasteiger partial charge >= 0.3 is 0 Å². The summed E-state index contributed by atoms with van der Waals surface area (Å²) < 4.78 is 0.952. The second-order valence-corrected chi connectivity index (χ2v) is 13.8. The minimum Gasteiger partial charge on any atom is -0.0988 e. The van der Waals surface area contributed by atoms with Crippen molar-refractivity contribution in [2.45, 2.75) is 65.8 Å². The first-order chi connectivity index (χ1) is 9.17. The van der Waals surface area contributed by atoms with Crippen molar-refractivity contribution in [3.8, 4) is 0 Å². The van der Waals surface area contributed by atoms with Crippen LogP contribution >= 0.6 is 0 Å². The molecule has 1 unspecified atom stereocenters. The molecule has 0 nitrogen and oxygen atoms in total. The fourth-order valence-corrected chi connectivity index (χ4v) is 10.9. The van der Waals surface area contributed by atoms with Crippen LogP contribution in [0.4, 0.5) is 0 Å². The van der Waals surface area contributed by atoms with Gasteiger partial charge in [-0.1, -0.05) is 88.7 Å². The molecule has 1 atom stereocenters. The number of aryl methyl sites for hydroxylation is 1. The Bertz CT molecular complexity index is 354. The van der Waals surface area contributed by atoms with E-state index in [1.54, 1.807) is 10.8 Å². The molecule has 0 radical (unpaired) electrons. The van der Waals surface area contributed by atoms with Crippen LogP contribution in [-0.2, 0) is 0 Å². The van der Waals surface area contributed by atoms with E-state index in [1.807, 2.05) is 0 Å². The lowest BCUT2D eigenvalue weighted by Gasteiger charge is -2.26. The molecule has 0 aliphatic rings. The summed E-state index contributed by atoms with van der Waals surface area (Å²) in [6, 6.07) is 9.18. The average molecular weight is 288 g/mol. The molecule has 1 aromatic carbocycles. The van der Waals surface area contributed by atoms with E-state index in [-0.39, 0.29) is 0 Å². The molecule has 0 saturated heterocycles. The Morgan fingerprint density at radius 2 is 1.47 bits per heavy atom. The highest BCUT2D eigenvalue weighted by atomic mass is 27.2. The zero-order valence-electron chi connectivity index (χ0n) is 13.6. The van der Waals surface area contributed by atoms with Gasteiger partial charge in [0.2, 0.25) is 0 Å². The first-order valence-electron chi connectivity index (χ1n) is 8.23. The van der Waals surface area contributed by atoms with Crippen LogP contribution in [0.3, 0.4) is 0 Å². The standard InChI is InChI=1S/C9H10.4C2H5.2Al/c1-3-9-7-5-4-6-8(9)2;4*1-2;;/h3-7H,1H2,2H3;4*1H2,2H3;;. The van der Waals surface area contributed by atoms with E-state index in [2.05, 4.69) is 58.9 Å². The van der Waals surface area contributed by atoms with Crippen molar-refractivity contribution < 1.29 is 0 Å². The van der Waals surface area contributed by atoms with Crippen molar-refractivity contribution >= 4 is 28.3 Å². The lowest BCUT2D eigenvalue weighted by Crippen LogP contribution is -2.27. The number of hydrogen-bond acceptors (Lipinski definition) is 0. The molecule has 104 valence electrons. The number of rotatable bonds is 8. The lowest BCUT2D eigenvalue weighted by molar-refractivity contribution is 0.963. The Labute approximate surface area is 129 Å². The molecule has 0 aromatic heterocycles. The van der Waals surface area contributed by atoms with Crippen molar-refractivity contribution in [3.63, 3.8) is 0 Å². The Morgan fingerprint density at radius 3 is 1.95 bits per heavy atom. The maximum absolute atomic E-state index is 2.43. The third-order valence-corrected chi connectivity index (χ3v) is 12.8. The Balaban J connectivity index is 3.01. The summed E-state index contributed by atoms with van der Waals surface area (Å²) in [6.45, 7) is 12.0. The molecular weight excluding hydrogens is 258 g/mol. The number of hydrogen-bond donors (Lipinski definition) is 0. The molecule has 19 heavy (non-hydrogen) atoms. The summed E-state index contributed by atoms with van der Waals surface area (Å²) in [5.41, 5.74) is 3.23. The molecule has 0 bridgehead atoms. The molecule has 0 amide bonds. The van der Waals surface area contributed by atoms with Gasteiger partial charge in [0, 0.05) is 0 Å². The van der Waals surface area contributed by atoms with Gasteiger partial charge in [0.15, 0.2) is 0 Å². The van der Waals surface area contributed by atoms with Gasteiger partial charge in [0.1, 0.15) is 0 Å². The van der Waals surface area contributed by atoms with E-state index >= 15 is 0 Å². The molecular formula is C17H30Al2. The summed E-state index contributed by atoms with van der Waals surface area (Å²) in [5, 5.41) is 7.45. The molecule has 1 aromatic rings. The summed E-state index contributed by atoms with van der Waals surface area (Å²) in [7, 11) is 0. The van der Waals surface area contributed by atoms with Crippen molar-refractivity contribution in [1.29, 1.82) is 0 Å². The van der Waals surface area contributed by atoms with Crippen molar-refractivity contribution in [3.05, 3.63) is 35.4 Å². The first-order valence-corrected chi connectivity index (χ1v) is 13.0. The largest absolute Gasteiger partial charge is 0.269 e. The maximum atomic E-state index is 2.43. The van der Waals surface area contributed by atoms with Gasteiger partial charge < -0.3 is 0 Å². The van der Waals surface area contributed by atoms with Gasteiger partial charge in [-0.3, -0.25) is 0 Å². The third-order valence-electron chi connectivity index (χ3n) is 4.95. The maximum Gasteiger partial charge on any atom is 0.269 e. The van der Waals surface area contributed by atoms with E-state index in [1.165, 1.54) is 26.7 Å². The molecule has 2 heteroatoms. The SMILES string of the molecule is C[CH2][Al]([CH2]C)[CH2][CH](c1ccccc1C)[Al]([CH2]C)[CH2]C. The van der Waals surface area contributed by atoms with Crippen LogP contribution in [0.1, 0.15) is 43.6 Å². The Morgan fingerprint density at radius 1 is 0.895 bits per heavy atom. The predicted octanol–water partition coefficient (Wildman–Crippen LogP) is 5.69. The van der Waals surface area contributed by atoms with Crippen molar-refractivity contribution in [1.82, 2.24) is 0 Å². The van der Waals surface area contributed by atoms with Crippen LogP contribution in [0.25, 0.3) is 0 Å². The highest BCUT2D eigenvalue weighted by Crippen LogP contribution is 2.32. The quantitative estimate of drug-likeness (QED) is 0.539. The minimum absolute atomic E-state index is 0.490. The van der Waals surface area contributed by atoms with Gasteiger partial charge in [0.05, 0.1) is 0 Å². The molecule has 1 rings (SSSR count). The highest BCUT2D eigenvalue weighted by molar-refractivity contribution is 6.65. The molecule has 0 fully saturated rings. The van der Waals surface area contributed by atoms with Gasteiger partial charge in [-0.15, -0.1) is 0 Å². The summed E-state index contributed by atoms with van der Waals surface area (Å²) in [5.74, 6) is 0. The van der Waals surface area contributed by atoms with E-state index in [9.17, 15) is 0 Å². The van der Waals surface area contributed by atoms with Crippen molar-refractivity contribution in [2.24, 2.45) is 0 Å². The monoisotopic (exact) mass is 288 g/mol. The van der Waals surface area contributed by atoms with Gasteiger partial charge in [-0.2, -0.15) is 0 Å². The van der Waals surface area contributed by atoms with Gasteiger partial charge in [0.25, 0.3) is 28.3 Å². The zero-order chi connectivity index (χ0) is 14.3. The normalized spacial score (nSPS) is 12.3. The second kappa shape index (κ2) is 9.26. The smallest absolute Gasteiger partial charge is 0.0988 e. The number of benzene rings is 1. The van der Waals surface area contributed by atoms with E-state index < -0.39 is 28.3 Å². The van der Waals surface area contributed by atoms with Crippen LogP contribution in [-0.4, -0.2) is 28.3 Å². The molecule has 0 aliphatic heterocycles. The lowest BCUT2D eigenvalue weighted by atomic mass is 10.1. The Hall–Kier alpha value is 0.285. The topological polar surface area (TPSA) is 0 Å². The molecule has 0 heterocycles. The van der Waals surface area contributed by atoms with Crippen LogP contribution in [0.15, 0.2) is 24.3 Å². The second-order valence-electron chi connectivity index (χ2n) is 5.96. The molecule has 0 spiro atoms. The van der Waals surface area contributed by atoms with E-state index in [0.29, 0.717) is 0 Å². The highest BCUT2D eigenvalue weighted by Gasteiger charge is 2.30. The minimum atomic E-state index is -0.611. The average Bonchev–Trinajstić information content (AvgIpc) is 2.44. The van der Waals surface area contributed by atoms with Crippen LogP contribution < -0.4 is 0 Å². The van der Waals surface area contributed by atoms with Gasteiger partial charge in [-0.25, -0.2) is 0 Å². The first kappa shape index (κ1) is 17.3. The van der Waals surface area contributed by atoms with Crippen LogP contribution in [0.2, 0.25) is 26.4 Å². The van der Waals surface area contributed by atoms with Gasteiger partial charge in [-0.05, 0) is 12.5 Å². The molecule has 0 saturated carbocycles. The third kappa shape index (κ3) is 4.95. The summed E-state index contributed by atoms with van der Waals surface area (Å²) in [4.78, 5) is 0. The molecule has 0 aliphatic carbocycles. The predicted molar refractivity (Wildman–Crippen MR) is 92.2 cm³/mol. The zero-order valence-corrected chi connectivity index (χ0v) is 15.9. The van der Waals surface area contributed by atoms with E-state index in [4.69, 9.17) is 0 Å². The fourth-order valence-electron chi connectivity index (χ4n) is 3.42. The summed E-state index contributed by atoms with van der Waals surface area (Å²) >= 11 is -1.10. The van der Waals surface area contributed by atoms with Crippen LogP contribution in [0.5, 0.6) is 0 Å². The van der Waals surface area contributed by atoms with Crippen LogP contribution in [0, 0.1) is 6.92 Å². The summed E-state index contributed by atoms with van der Waals surface area (Å²) in [6.07, 6.45) is 0. The molecule has 0 N–H and O–H groups in total.